The summed E-state index contributed by atoms with van der Waals surface area (Å²) in [6.45, 7) is 3.86. The van der Waals surface area contributed by atoms with Crippen molar-refractivity contribution in [2.75, 3.05) is 5.75 Å². The third-order valence-corrected chi connectivity index (χ3v) is 7.00. The van der Waals surface area contributed by atoms with Crippen molar-refractivity contribution in [1.82, 2.24) is 19.2 Å². The largest absolute Gasteiger partial charge is 0.318 e. The maximum atomic E-state index is 13.3. The topological polar surface area (TPSA) is 52.2 Å². The summed E-state index contributed by atoms with van der Waals surface area (Å²) in [7, 11) is 0. The minimum atomic E-state index is -0.283. The van der Waals surface area contributed by atoms with E-state index in [4.69, 9.17) is 0 Å². The Kier molecular flexibility index (Phi) is 4.67. The van der Waals surface area contributed by atoms with Gasteiger partial charge in [-0.2, -0.15) is 0 Å². The van der Waals surface area contributed by atoms with Crippen LogP contribution in [0.1, 0.15) is 21.7 Å². The van der Waals surface area contributed by atoms with Crippen molar-refractivity contribution in [1.29, 1.82) is 0 Å². The number of thioether (sulfide) groups is 1. The normalized spacial score (nSPS) is 11.6. The number of carbonyl (C=O) groups is 1. The summed E-state index contributed by atoms with van der Waals surface area (Å²) in [4.78, 5) is 13.8. The predicted octanol–water partition coefficient (Wildman–Crippen LogP) is 5.47. The zero-order valence-corrected chi connectivity index (χ0v) is 17.9. The Morgan fingerprint density at radius 1 is 1.10 bits per heavy atom. The molecule has 8 heteroatoms. The van der Waals surface area contributed by atoms with E-state index in [2.05, 4.69) is 16.3 Å². The fraction of sp³-hybridized carbons (Fsp3) is 0.136. The fourth-order valence-electron chi connectivity index (χ4n) is 3.69. The Balaban J connectivity index is 1.42. The zero-order valence-electron chi connectivity index (χ0n) is 16.3. The van der Waals surface area contributed by atoms with Crippen LogP contribution in [0.5, 0.6) is 0 Å². The van der Waals surface area contributed by atoms with Gasteiger partial charge in [0, 0.05) is 22.6 Å². The van der Waals surface area contributed by atoms with E-state index in [0.29, 0.717) is 10.7 Å². The number of rotatable bonds is 5. The average Bonchev–Trinajstić information content (AvgIpc) is 3.39. The predicted molar refractivity (Wildman–Crippen MR) is 119 cm³/mol. The first-order valence-electron chi connectivity index (χ1n) is 9.36. The number of aromatic nitrogens is 4. The van der Waals surface area contributed by atoms with E-state index < -0.39 is 0 Å². The van der Waals surface area contributed by atoms with Crippen LogP contribution < -0.4 is 0 Å². The molecule has 30 heavy (non-hydrogen) atoms. The second kappa shape index (κ2) is 7.37. The van der Waals surface area contributed by atoms with Crippen LogP contribution >= 0.6 is 23.1 Å². The molecular formula is C22H17FN4OS2. The van der Waals surface area contributed by atoms with Gasteiger partial charge in [-0.1, -0.05) is 35.2 Å². The van der Waals surface area contributed by atoms with Crippen molar-refractivity contribution in [2.45, 2.75) is 19.0 Å². The molecule has 0 saturated carbocycles. The summed E-state index contributed by atoms with van der Waals surface area (Å²) in [6, 6.07) is 16.2. The van der Waals surface area contributed by atoms with Crippen LogP contribution in [-0.4, -0.2) is 30.7 Å². The second-order valence-electron chi connectivity index (χ2n) is 6.98. The van der Waals surface area contributed by atoms with Gasteiger partial charge in [0.05, 0.1) is 16.0 Å². The lowest BCUT2D eigenvalue weighted by Gasteiger charge is -2.09. The third kappa shape index (κ3) is 3.12. The van der Waals surface area contributed by atoms with Crippen LogP contribution in [0.3, 0.4) is 0 Å². The first-order chi connectivity index (χ1) is 14.5. The summed E-state index contributed by atoms with van der Waals surface area (Å²) in [6.07, 6.45) is 0. The van der Waals surface area contributed by atoms with Gasteiger partial charge in [-0.05, 0) is 56.3 Å². The molecule has 0 radical (unpaired) electrons. The Morgan fingerprint density at radius 2 is 1.87 bits per heavy atom. The Labute approximate surface area is 180 Å². The van der Waals surface area contributed by atoms with Gasteiger partial charge < -0.3 is 4.57 Å². The molecule has 2 aromatic carbocycles. The smallest absolute Gasteiger partial charge is 0.217 e. The van der Waals surface area contributed by atoms with Crippen molar-refractivity contribution >= 4 is 44.1 Å². The molecule has 0 atom stereocenters. The summed E-state index contributed by atoms with van der Waals surface area (Å²) in [5.74, 6) is 0.00539. The number of fused-ring (bicyclic) bond motifs is 3. The molecule has 5 aromatic rings. The molecule has 0 N–H and O–H groups in total. The quantitative estimate of drug-likeness (QED) is 0.271. The molecule has 0 aliphatic heterocycles. The molecule has 5 rings (SSSR count). The molecule has 0 bridgehead atoms. The number of aryl methyl sites for hydroxylation is 1. The number of carbonyl (C=O) groups excluding carboxylic acids is 1. The number of ketones is 1. The van der Waals surface area contributed by atoms with Crippen molar-refractivity contribution in [2.24, 2.45) is 0 Å². The highest BCUT2D eigenvalue weighted by Crippen LogP contribution is 2.30. The Morgan fingerprint density at radius 3 is 2.67 bits per heavy atom. The number of hydrogen-bond donors (Lipinski definition) is 0. The number of benzene rings is 2. The Bertz CT molecular complexity index is 1400. The lowest BCUT2D eigenvalue weighted by Crippen LogP contribution is -2.06. The number of nitrogens with zero attached hydrogens (tertiary/aromatic N) is 4. The van der Waals surface area contributed by atoms with E-state index in [1.54, 1.807) is 23.5 Å². The Hall–Kier alpha value is -2.97. The molecule has 0 spiro atoms. The molecule has 3 aromatic heterocycles. The van der Waals surface area contributed by atoms with Crippen molar-refractivity contribution in [3.8, 4) is 5.69 Å². The number of hydrogen-bond acceptors (Lipinski definition) is 5. The number of halogens is 1. The minimum Gasteiger partial charge on any atom is -0.318 e. The van der Waals surface area contributed by atoms with E-state index in [1.807, 2.05) is 47.1 Å². The third-order valence-electron chi connectivity index (χ3n) is 5.06. The average molecular weight is 437 g/mol. The summed E-state index contributed by atoms with van der Waals surface area (Å²) in [5, 5.41) is 9.23. The van der Waals surface area contributed by atoms with Gasteiger partial charge in [0.25, 0.3) is 0 Å². The van der Waals surface area contributed by atoms with Crippen LogP contribution in [0.4, 0.5) is 4.39 Å². The van der Waals surface area contributed by atoms with Crippen molar-refractivity contribution in [3.63, 3.8) is 0 Å². The number of para-hydroxylation sites is 1. The molecule has 0 unspecified atom stereocenters. The van der Waals surface area contributed by atoms with Gasteiger partial charge >= 0.3 is 0 Å². The van der Waals surface area contributed by atoms with Gasteiger partial charge in [-0.15, -0.1) is 10.2 Å². The first-order valence-corrected chi connectivity index (χ1v) is 11.2. The molecule has 150 valence electrons. The molecule has 0 amide bonds. The molecule has 0 fully saturated rings. The van der Waals surface area contributed by atoms with Gasteiger partial charge in [0.15, 0.2) is 10.9 Å². The first kappa shape index (κ1) is 19.0. The SMILES string of the molecule is Cc1cc(C(=O)CSc2nnc3sc4ccccc4n23)c(C)n1-c1ccc(F)cc1. The standard InChI is InChI=1S/C22H17FN4OS2/c1-13-11-17(14(2)26(13)16-9-7-15(23)8-10-16)19(28)12-29-21-24-25-22-27(21)18-5-3-4-6-20(18)30-22/h3-11H,12H2,1-2H3. The fourth-order valence-corrected chi connectivity index (χ4v) is 5.54. The monoisotopic (exact) mass is 436 g/mol. The lowest BCUT2D eigenvalue weighted by atomic mass is 10.2. The van der Waals surface area contributed by atoms with Crippen LogP contribution in [0.2, 0.25) is 0 Å². The minimum absolute atomic E-state index is 0.0257. The molecule has 3 heterocycles. The van der Waals surface area contributed by atoms with Gasteiger partial charge in [0.1, 0.15) is 5.82 Å². The highest BCUT2D eigenvalue weighted by atomic mass is 32.2. The summed E-state index contributed by atoms with van der Waals surface area (Å²) in [5.41, 5.74) is 4.33. The highest BCUT2D eigenvalue weighted by Gasteiger charge is 2.19. The maximum absolute atomic E-state index is 13.3. The molecule has 0 aliphatic rings. The van der Waals surface area contributed by atoms with Crippen LogP contribution in [0.15, 0.2) is 59.8 Å². The number of Topliss-reactive ketones (excluding diaryl/α,β-unsaturated/α-hetero) is 1. The maximum Gasteiger partial charge on any atom is 0.217 e. The summed E-state index contributed by atoms with van der Waals surface area (Å²) < 4.78 is 18.4. The van der Waals surface area contributed by atoms with Crippen LogP contribution in [-0.2, 0) is 0 Å². The molecular weight excluding hydrogens is 419 g/mol. The van der Waals surface area contributed by atoms with E-state index >= 15 is 0 Å². The van der Waals surface area contributed by atoms with E-state index in [0.717, 1.165) is 32.3 Å². The van der Waals surface area contributed by atoms with Crippen molar-refractivity contribution in [3.05, 3.63) is 77.4 Å². The van der Waals surface area contributed by atoms with Crippen LogP contribution in [0, 0.1) is 19.7 Å². The van der Waals surface area contributed by atoms with Gasteiger partial charge in [0.2, 0.25) is 4.96 Å². The van der Waals surface area contributed by atoms with E-state index in [9.17, 15) is 9.18 Å². The lowest BCUT2D eigenvalue weighted by molar-refractivity contribution is 0.102. The second-order valence-corrected chi connectivity index (χ2v) is 8.93. The zero-order chi connectivity index (χ0) is 20.8. The number of thiazole rings is 1. The molecule has 0 saturated heterocycles. The van der Waals surface area contributed by atoms with E-state index in [-0.39, 0.29) is 17.4 Å². The van der Waals surface area contributed by atoms with Crippen LogP contribution in [0.25, 0.3) is 20.9 Å². The van der Waals surface area contributed by atoms with Gasteiger partial charge in [-0.3, -0.25) is 9.20 Å². The van der Waals surface area contributed by atoms with E-state index in [1.165, 1.54) is 23.9 Å². The highest BCUT2D eigenvalue weighted by molar-refractivity contribution is 7.99. The summed E-state index contributed by atoms with van der Waals surface area (Å²) >= 11 is 2.97. The van der Waals surface area contributed by atoms with Gasteiger partial charge in [-0.25, -0.2) is 4.39 Å². The van der Waals surface area contributed by atoms with Crippen molar-refractivity contribution < 1.29 is 9.18 Å². The molecule has 5 nitrogen and oxygen atoms in total. The molecule has 0 aliphatic carbocycles.